The van der Waals surface area contributed by atoms with Crippen LogP contribution in [0.2, 0.25) is 0 Å². The van der Waals surface area contributed by atoms with Crippen LogP contribution in [0.1, 0.15) is 23.6 Å². The molecule has 7 nitrogen and oxygen atoms in total. The third kappa shape index (κ3) is 6.43. The lowest BCUT2D eigenvalue weighted by Crippen LogP contribution is -2.52. The van der Waals surface area contributed by atoms with Gasteiger partial charge in [-0.15, -0.1) is 0 Å². The van der Waals surface area contributed by atoms with Crippen LogP contribution >= 0.6 is 0 Å². The normalized spacial score (nSPS) is 14.0. The molecule has 0 atom stereocenters. The molecule has 1 fully saturated rings. The highest BCUT2D eigenvalue weighted by atomic mass is 16.5. The highest BCUT2D eigenvalue weighted by Crippen LogP contribution is 2.29. The van der Waals surface area contributed by atoms with Gasteiger partial charge in [0.05, 0.1) is 19.7 Å². The van der Waals surface area contributed by atoms with Crippen LogP contribution in [0.5, 0.6) is 5.75 Å². The molecule has 0 aromatic heterocycles. The fourth-order valence-electron chi connectivity index (χ4n) is 4.72. The lowest BCUT2D eigenvalue weighted by atomic mass is 9.96. The molecule has 0 aliphatic carbocycles. The standard InChI is InChI=1S/C29H34N4O3/c1-36-26-14-12-25(13-15-26)33(17-16-27(30)34)22-28(35)31-18-20-32(21-19-31)29(23-8-4-2-5-9-23)24-10-6-3-7-11-24/h2-15,29H,16-22H2,1H3,(H2,30,34). The fraction of sp³-hybridized carbons (Fsp3) is 0.310. The summed E-state index contributed by atoms with van der Waals surface area (Å²) < 4.78 is 5.24. The number of carbonyl (C=O) groups is 2. The molecule has 0 unspecified atom stereocenters. The summed E-state index contributed by atoms with van der Waals surface area (Å²) >= 11 is 0. The number of ether oxygens (including phenoxy) is 1. The first-order valence-corrected chi connectivity index (χ1v) is 12.3. The number of hydrogen-bond acceptors (Lipinski definition) is 5. The average molecular weight is 487 g/mol. The van der Waals surface area contributed by atoms with E-state index in [0.717, 1.165) is 24.5 Å². The number of primary amides is 1. The number of rotatable bonds is 10. The van der Waals surface area contributed by atoms with Gasteiger partial charge in [0.2, 0.25) is 11.8 Å². The maximum absolute atomic E-state index is 13.3. The number of methoxy groups -OCH3 is 1. The van der Waals surface area contributed by atoms with E-state index in [1.807, 2.05) is 46.2 Å². The van der Waals surface area contributed by atoms with Gasteiger partial charge in [-0.3, -0.25) is 14.5 Å². The number of anilines is 1. The number of amides is 2. The molecule has 4 rings (SSSR count). The first-order chi connectivity index (χ1) is 17.5. The summed E-state index contributed by atoms with van der Waals surface area (Å²) in [6.45, 7) is 3.45. The molecule has 0 bridgehead atoms. The number of nitrogens with two attached hydrogens (primary N) is 1. The Morgan fingerprint density at radius 3 is 1.92 bits per heavy atom. The minimum absolute atomic E-state index is 0.0471. The summed E-state index contributed by atoms with van der Waals surface area (Å²) in [6.07, 6.45) is 0.183. The zero-order valence-corrected chi connectivity index (χ0v) is 20.8. The minimum atomic E-state index is -0.387. The van der Waals surface area contributed by atoms with Gasteiger partial charge in [-0.2, -0.15) is 0 Å². The van der Waals surface area contributed by atoms with Crippen molar-refractivity contribution >= 4 is 17.5 Å². The van der Waals surface area contributed by atoms with E-state index in [4.69, 9.17) is 10.5 Å². The summed E-state index contributed by atoms with van der Waals surface area (Å²) in [7, 11) is 1.61. The van der Waals surface area contributed by atoms with Crippen LogP contribution in [0.3, 0.4) is 0 Å². The van der Waals surface area contributed by atoms with Gasteiger partial charge < -0.3 is 20.3 Å². The van der Waals surface area contributed by atoms with E-state index in [2.05, 4.69) is 53.4 Å². The highest BCUT2D eigenvalue weighted by Gasteiger charge is 2.28. The van der Waals surface area contributed by atoms with Crippen molar-refractivity contribution in [2.45, 2.75) is 12.5 Å². The van der Waals surface area contributed by atoms with Crippen molar-refractivity contribution < 1.29 is 14.3 Å². The molecule has 1 saturated heterocycles. The van der Waals surface area contributed by atoms with Crippen LogP contribution in [-0.4, -0.2) is 68.0 Å². The maximum Gasteiger partial charge on any atom is 0.242 e. The van der Waals surface area contributed by atoms with Crippen molar-refractivity contribution in [2.75, 3.05) is 51.3 Å². The first kappa shape index (κ1) is 25.3. The van der Waals surface area contributed by atoms with Crippen molar-refractivity contribution in [1.29, 1.82) is 0 Å². The number of piperazine rings is 1. The molecule has 36 heavy (non-hydrogen) atoms. The average Bonchev–Trinajstić information content (AvgIpc) is 2.92. The number of carbonyl (C=O) groups excluding carboxylic acids is 2. The molecule has 2 amide bonds. The lowest BCUT2D eigenvalue weighted by molar-refractivity contribution is -0.131. The van der Waals surface area contributed by atoms with E-state index in [-0.39, 0.29) is 30.8 Å². The predicted octanol–water partition coefficient (Wildman–Crippen LogP) is 3.31. The van der Waals surface area contributed by atoms with Gasteiger partial charge in [-0.1, -0.05) is 60.7 Å². The first-order valence-electron chi connectivity index (χ1n) is 12.3. The van der Waals surface area contributed by atoms with Gasteiger partial charge in [0.15, 0.2) is 0 Å². The third-order valence-corrected chi connectivity index (χ3v) is 6.65. The molecular weight excluding hydrogens is 452 g/mol. The molecule has 1 heterocycles. The summed E-state index contributed by atoms with van der Waals surface area (Å²) in [4.78, 5) is 31.0. The van der Waals surface area contributed by atoms with Gasteiger partial charge in [0.25, 0.3) is 0 Å². The van der Waals surface area contributed by atoms with Crippen molar-refractivity contribution in [3.8, 4) is 5.75 Å². The molecule has 188 valence electrons. The molecule has 3 aromatic rings. The molecule has 2 N–H and O–H groups in total. The molecule has 3 aromatic carbocycles. The minimum Gasteiger partial charge on any atom is -0.497 e. The number of benzene rings is 3. The second-order valence-corrected chi connectivity index (χ2v) is 8.98. The molecule has 0 spiro atoms. The fourth-order valence-corrected chi connectivity index (χ4v) is 4.72. The topological polar surface area (TPSA) is 79.1 Å². The van der Waals surface area contributed by atoms with E-state index < -0.39 is 0 Å². The van der Waals surface area contributed by atoms with Crippen LogP contribution in [-0.2, 0) is 9.59 Å². The number of nitrogens with zero attached hydrogens (tertiary/aromatic N) is 3. The van der Waals surface area contributed by atoms with Crippen molar-refractivity contribution in [3.05, 3.63) is 96.1 Å². The monoisotopic (exact) mass is 486 g/mol. The van der Waals surface area contributed by atoms with E-state index >= 15 is 0 Å². The largest absolute Gasteiger partial charge is 0.497 e. The molecule has 0 radical (unpaired) electrons. The Labute approximate surface area is 213 Å². The highest BCUT2D eigenvalue weighted by molar-refractivity contribution is 5.82. The maximum atomic E-state index is 13.3. The van der Waals surface area contributed by atoms with Gasteiger partial charge in [-0.25, -0.2) is 0 Å². The van der Waals surface area contributed by atoms with Crippen molar-refractivity contribution in [3.63, 3.8) is 0 Å². The van der Waals surface area contributed by atoms with E-state index in [9.17, 15) is 9.59 Å². The Bertz CT molecular complexity index is 1070. The second kappa shape index (κ2) is 12.2. The third-order valence-electron chi connectivity index (χ3n) is 6.65. The Kier molecular flexibility index (Phi) is 8.57. The van der Waals surface area contributed by atoms with E-state index in [1.165, 1.54) is 11.1 Å². The predicted molar refractivity (Wildman–Crippen MR) is 142 cm³/mol. The van der Waals surface area contributed by atoms with Gasteiger partial charge >= 0.3 is 0 Å². The van der Waals surface area contributed by atoms with Gasteiger partial charge in [0, 0.05) is 44.8 Å². The molecule has 1 aliphatic rings. The lowest BCUT2D eigenvalue weighted by Gasteiger charge is -2.40. The Morgan fingerprint density at radius 2 is 1.42 bits per heavy atom. The molecule has 7 heteroatoms. The summed E-state index contributed by atoms with van der Waals surface area (Å²) in [5.74, 6) is 0.399. The van der Waals surface area contributed by atoms with E-state index in [0.29, 0.717) is 19.6 Å². The Balaban J connectivity index is 1.43. The second-order valence-electron chi connectivity index (χ2n) is 8.98. The molecule has 1 aliphatic heterocycles. The zero-order valence-electron chi connectivity index (χ0n) is 20.8. The van der Waals surface area contributed by atoms with Crippen molar-refractivity contribution in [1.82, 2.24) is 9.80 Å². The van der Waals surface area contributed by atoms with Crippen LogP contribution in [0.15, 0.2) is 84.9 Å². The smallest absolute Gasteiger partial charge is 0.242 e. The summed E-state index contributed by atoms with van der Waals surface area (Å²) in [6, 6.07) is 28.7. The van der Waals surface area contributed by atoms with Crippen molar-refractivity contribution in [2.24, 2.45) is 5.73 Å². The van der Waals surface area contributed by atoms with Crippen LogP contribution in [0.4, 0.5) is 5.69 Å². The van der Waals surface area contributed by atoms with Crippen LogP contribution < -0.4 is 15.4 Å². The quantitative estimate of drug-likeness (QED) is 0.476. The summed E-state index contributed by atoms with van der Waals surface area (Å²) in [5, 5.41) is 0. The zero-order chi connectivity index (χ0) is 25.3. The molecule has 0 saturated carbocycles. The van der Waals surface area contributed by atoms with Gasteiger partial charge in [-0.05, 0) is 35.4 Å². The van der Waals surface area contributed by atoms with Crippen LogP contribution in [0.25, 0.3) is 0 Å². The molecular formula is C29H34N4O3. The van der Waals surface area contributed by atoms with E-state index in [1.54, 1.807) is 7.11 Å². The number of hydrogen-bond donors (Lipinski definition) is 1. The van der Waals surface area contributed by atoms with Gasteiger partial charge in [0.1, 0.15) is 5.75 Å². The van der Waals surface area contributed by atoms with Crippen LogP contribution in [0, 0.1) is 0 Å². The SMILES string of the molecule is COc1ccc(N(CCC(N)=O)CC(=O)N2CCN(C(c3ccccc3)c3ccccc3)CC2)cc1. The summed E-state index contributed by atoms with van der Waals surface area (Å²) in [5.41, 5.74) is 8.75. The Morgan fingerprint density at radius 1 is 0.861 bits per heavy atom. The Hall–Kier alpha value is -3.84.